The first-order valence-corrected chi connectivity index (χ1v) is 3.70. The lowest BCUT2D eigenvalue weighted by Gasteiger charge is -1.78. The van der Waals surface area contributed by atoms with Crippen LogP contribution in [0.1, 0.15) is 0 Å². The zero-order valence-electron chi connectivity index (χ0n) is 4.21. The van der Waals surface area contributed by atoms with Crippen LogP contribution in [-0.4, -0.2) is 21.3 Å². The van der Waals surface area contributed by atoms with Crippen LogP contribution in [0.4, 0.5) is 0 Å². The van der Waals surface area contributed by atoms with Crippen molar-refractivity contribution in [1.82, 2.24) is 0 Å². The van der Waals surface area contributed by atoms with Crippen LogP contribution in [-0.2, 0) is 9.59 Å². The van der Waals surface area contributed by atoms with E-state index >= 15 is 0 Å². The summed E-state index contributed by atoms with van der Waals surface area (Å²) >= 11 is 0. The molecule has 0 aromatic carbocycles. The van der Waals surface area contributed by atoms with E-state index in [1.807, 2.05) is 0 Å². The second-order valence-electron chi connectivity index (χ2n) is 0.953. The van der Waals surface area contributed by atoms with Gasteiger partial charge < -0.3 is 0 Å². The molecule has 0 saturated carbocycles. The van der Waals surface area contributed by atoms with Gasteiger partial charge in [0.25, 0.3) is 0 Å². The zero-order valence-corrected chi connectivity index (χ0v) is 5.21. The Morgan fingerprint density at radius 1 is 1.25 bits per heavy atom. The Morgan fingerprint density at radius 3 is 1.88 bits per heavy atom. The lowest BCUT2D eigenvalue weighted by molar-refractivity contribution is 0.565. The molecule has 0 aliphatic carbocycles. The summed E-state index contributed by atoms with van der Waals surface area (Å²) in [5.74, 6) is 0. The van der Waals surface area contributed by atoms with Crippen molar-refractivity contribution < 1.29 is 9.59 Å². The Balaban J connectivity index is 3.82. The molecule has 0 aromatic heterocycles. The fourth-order valence-corrected chi connectivity index (χ4v) is 0.471. The van der Waals surface area contributed by atoms with Gasteiger partial charge in [0, 0.05) is 0 Å². The summed E-state index contributed by atoms with van der Waals surface area (Å²) in [4.78, 5) is 18.9. The van der Waals surface area contributed by atoms with Crippen molar-refractivity contribution in [2.75, 3.05) is 0 Å². The van der Waals surface area contributed by atoms with E-state index in [0.29, 0.717) is 0 Å². The zero-order chi connectivity index (χ0) is 6.41. The minimum Gasteiger partial charge on any atom is -0.217 e. The minimum atomic E-state index is -1.49. The van der Waals surface area contributed by atoms with Gasteiger partial charge in [0.15, 0.2) is 0 Å². The molecule has 0 aliphatic heterocycles. The Labute approximate surface area is 47.7 Å². The first kappa shape index (κ1) is 6.98. The molecule has 0 rings (SSSR count). The molecule has 0 amide bonds. The van der Waals surface area contributed by atoms with Crippen molar-refractivity contribution in [2.24, 2.45) is 9.32 Å². The Kier molecular flexibility index (Phi) is 3.61. The molecule has 0 spiro atoms. The quantitative estimate of drug-likeness (QED) is 0.292. The van der Waals surface area contributed by atoms with Gasteiger partial charge in [-0.25, -0.2) is 18.9 Å². The fourth-order valence-electron chi connectivity index (χ4n) is 0.157. The Morgan fingerprint density at radius 2 is 1.62 bits per heavy atom. The summed E-state index contributed by atoms with van der Waals surface area (Å²) in [6.07, 6.45) is 2.60. The van der Waals surface area contributed by atoms with E-state index in [1.165, 1.54) is 12.2 Å². The standard InChI is InChI=1S/C3H3N2O2Si/c1-8(4-2-6)5-3-7/h1H3. The SMILES string of the molecule is C[Si](N=C=O)N=C=O. The van der Waals surface area contributed by atoms with Crippen LogP contribution in [0.15, 0.2) is 9.32 Å². The summed E-state index contributed by atoms with van der Waals surface area (Å²) in [7, 11) is -1.49. The van der Waals surface area contributed by atoms with Gasteiger partial charge in [0.05, 0.1) is 0 Å². The molecule has 0 aliphatic rings. The first-order valence-electron chi connectivity index (χ1n) is 1.80. The van der Waals surface area contributed by atoms with E-state index in [1.54, 1.807) is 6.55 Å². The number of carbonyl (C=O) groups excluding carboxylic acids is 2. The van der Waals surface area contributed by atoms with Gasteiger partial charge in [-0.1, -0.05) is 0 Å². The molecule has 1 radical (unpaired) electrons. The smallest absolute Gasteiger partial charge is 0.217 e. The second-order valence-corrected chi connectivity index (χ2v) is 2.50. The van der Waals surface area contributed by atoms with E-state index in [4.69, 9.17) is 0 Å². The molecule has 0 N–H and O–H groups in total. The maximum atomic E-state index is 9.43. The second kappa shape index (κ2) is 4.14. The molecule has 0 atom stereocenters. The predicted octanol–water partition coefficient (Wildman–Crippen LogP) is -0.224. The summed E-state index contributed by atoms with van der Waals surface area (Å²) in [5, 5.41) is 0. The lowest BCUT2D eigenvalue weighted by Crippen LogP contribution is -1.96. The lowest BCUT2D eigenvalue weighted by atomic mass is 11.7. The number of hydrogen-bond donors (Lipinski definition) is 0. The van der Waals surface area contributed by atoms with Crippen LogP contribution in [0, 0.1) is 0 Å². The first-order chi connectivity index (χ1) is 3.81. The fraction of sp³-hybridized carbons (Fsp3) is 0.333. The van der Waals surface area contributed by atoms with Crippen LogP contribution in [0.2, 0.25) is 6.55 Å². The molecule has 0 aromatic rings. The average Bonchev–Trinajstić information content (AvgIpc) is 1.68. The van der Waals surface area contributed by atoms with Gasteiger partial charge in [-0.05, 0) is 6.55 Å². The van der Waals surface area contributed by atoms with Gasteiger partial charge >= 0.3 is 9.12 Å². The van der Waals surface area contributed by atoms with Crippen LogP contribution in [0.25, 0.3) is 0 Å². The number of hydrogen-bond acceptors (Lipinski definition) is 4. The van der Waals surface area contributed by atoms with Crippen molar-refractivity contribution in [3.8, 4) is 0 Å². The third kappa shape index (κ3) is 3.18. The van der Waals surface area contributed by atoms with Crippen LogP contribution in [0.3, 0.4) is 0 Å². The van der Waals surface area contributed by atoms with E-state index in [-0.39, 0.29) is 0 Å². The predicted molar refractivity (Wildman–Crippen MR) is 27.9 cm³/mol. The highest BCUT2D eigenvalue weighted by Crippen LogP contribution is 1.78. The molecule has 41 valence electrons. The minimum absolute atomic E-state index is 1.30. The van der Waals surface area contributed by atoms with Crippen molar-refractivity contribution in [1.29, 1.82) is 0 Å². The summed E-state index contributed by atoms with van der Waals surface area (Å²) in [6, 6.07) is 0. The monoisotopic (exact) mass is 127 g/mol. The number of rotatable bonds is 2. The molecule has 5 heteroatoms. The molecule has 0 fully saturated rings. The molecule has 0 saturated heterocycles. The van der Waals surface area contributed by atoms with E-state index in [0.717, 1.165) is 0 Å². The Bertz CT molecular complexity index is 139. The molecule has 0 heterocycles. The molecule has 8 heavy (non-hydrogen) atoms. The molecular weight excluding hydrogens is 124 g/mol. The van der Waals surface area contributed by atoms with Gasteiger partial charge in [-0.15, -0.1) is 0 Å². The van der Waals surface area contributed by atoms with Crippen LogP contribution in [0.5, 0.6) is 0 Å². The van der Waals surface area contributed by atoms with Gasteiger partial charge in [0.1, 0.15) is 0 Å². The number of nitrogens with zero attached hydrogens (tertiary/aromatic N) is 2. The Hall–Kier alpha value is -1.02. The van der Waals surface area contributed by atoms with Crippen molar-refractivity contribution >= 4 is 21.3 Å². The van der Waals surface area contributed by atoms with E-state index < -0.39 is 9.12 Å². The van der Waals surface area contributed by atoms with Crippen molar-refractivity contribution in [3.63, 3.8) is 0 Å². The average molecular weight is 127 g/mol. The van der Waals surface area contributed by atoms with E-state index in [9.17, 15) is 9.59 Å². The highest BCUT2D eigenvalue weighted by molar-refractivity contribution is 6.55. The summed E-state index contributed by atoms with van der Waals surface area (Å²) in [5.41, 5.74) is 0. The largest absolute Gasteiger partial charge is 0.363 e. The van der Waals surface area contributed by atoms with E-state index in [2.05, 4.69) is 9.32 Å². The normalized spacial score (nSPS) is 7.25. The molecule has 0 bridgehead atoms. The third-order valence-corrected chi connectivity index (χ3v) is 1.24. The van der Waals surface area contributed by atoms with Crippen molar-refractivity contribution in [3.05, 3.63) is 0 Å². The highest BCUT2D eigenvalue weighted by Gasteiger charge is 1.96. The highest BCUT2D eigenvalue weighted by atomic mass is 28.3. The van der Waals surface area contributed by atoms with Crippen molar-refractivity contribution in [2.45, 2.75) is 6.55 Å². The number of isocyanates is 2. The molecule has 0 unspecified atom stereocenters. The third-order valence-electron chi connectivity index (χ3n) is 0.415. The summed E-state index contributed by atoms with van der Waals surface area (Å²) in [6.45, 7) is 1.58. The maximum Gasteiger partial charge on any atom is 0.363 e. The van der Waals surface area contributed by atoms with Crippen LogP contribution >= 0.6 is 0 Å². The maximum absolute atomic E-state index is 9.43. The summed E-state index contributed by atoms with van der Waals surface area (Å²) < 4.78 is 6.36. The van der Waals surface area contributed by atoms with Crippen LogP contribution < -0.4 is 0 Å². The molecule has 4 nitrogen and oxygen atoms in total. The van der Waals surface area contributed by atoms with Gasteiger partial charge in [0.2, 0.25) is 12.2 Å². The van der Waals surface area contributed by atoms with Gasteiger partial charge in [-0.3, -0.25) is 0 Å². The molecular formula is C3H3N2O2Si. The topological polar surface area (TPSA) is 58.9 Å². The van der Waals surface area contributed by atoms with Gasteiger partial charge in [-0.2, -0.15) is 0 Å².